The Bertz CT molecular complexity index is 719. The van der Waals surface area contributed by atoms with Crippen LogP contribution in [-0.4, -0.2) is 26.1 Å². The monoisotopic (exact) mass is 364 g/mol. The Morgan fingerprint density at radius 1 is 1.12 bits per heavy atom. The molecule has 2 atom stereocenters. The van der Waals surface area contributed by atoms with E-state index < -0.39 is 15.9 Å². The van der Waals surface area contributed by atoms with Gasteiger partial charge in [-0.1, -0.05) is 50.8 Å². The van der Waals surface area contributed by atoms with E-state index in [4.69, 9.17) is 4.74 Å². The van der Waals surface area contributed by atoms with Crippen LogP contribution >= 0.6 is 0 Å². The largest absolute Gasteiger partial charge is 0.493 e. The molecule has 0 bridgehead atoms. The molecule has 1 aromatic rings. The van der Waals surface area contributed by atoms with Gasteiger partial charge >= 0.3 is 0 Å². The van der Waals surface area contributed by atoms with Crippen molar-refractivity contribution < 1.29 is 17.9 Å². The van der Waals surface area contributed by atoms with E-state index in [-0.39, 0.29) is 17.5 Å². The maximum absolute atomic E-state index is 12.7. The molecule has 1 aromatic carbocycles. The molecule has 1 heterocycles. The van der Waals surface area contributed by atoms with Gasteiger partial charge in [0.15, 0.2) is 15.6 Å². The van der Waals surface area contributed by atoms with Crippen molar-refractivity contribution in [3.05, 3.63) is 41.7 Å². The van der Waals surface area contributed by atoms with Crippen LogP contribution in [0.5, 0.6) is 0 Å². The molecule has 0 spiro atoms. The molecule has 0 saturated carbocycles. The third kappa shape index (κ3) is 4.94. The number of carbonyl (C=O) groups is 1. The fourth-order valence-electron chi connectivity index (χ4n) is 3.54. The van der Waals surface area contributed by atoms with E-state index in [0.29, 0.717) is 16.2 Å². The highest BCUT2D eigenvalue weighted by Gasteiger charge is 2.39. The second-order valence-electron chi connectivity index (χ2n) is 6.73. The van der Waals surface area contributed by atoms with Gasteiger partial charge in [0, 0.05) is 11.5 Å². The minimum atomic E-state index is -3.45. The molecule has 0 fully saturated rings. The van der Waals surface area contributed by atoms with Crippen molar-refractivity contribution in [3.8, 4) is 0 Å². The summed E-state index contributed by atoms with van der Waals surface area (Å²) in [7, 11) is -3.45. The predicted octanol–water partition coefficient (Wildman–Crippen LogP) is 4.31. The van der Waals surface area contributed by atoms with Crippen LogP contribution in [-0.2, 0) is 19.4 Å². The van der Waals surface area contributed by atoms with Crippen molar-refractivity contribution in [2.24, 2.45) is 5.92 Å². The standard InChI is InChI=1S/C20H28O4S/c1-4-5-6-10-13-18-19(24-16(3)20(18)15(2)21)14-25(22,23)17-11-8-7-9-12-17/h7-9,11-12,18-19H,4-6,10,13-14H2,1-3H3/t18-,19-/m1/s1. The lowest BCUT2D eigenvalue weighted by Gasteiger charge is -2.21. The number of unbranched alkanes of at least 4 members (excludes halogenated alkanes) is 3. The van der Waals surface area contributed by atoms with Gasteiger partial charge in [0.05, 0.1) is 10.6 Å². The lowest BCUT2D eigenvalue weighted by molar-refractivity contribution is -0.114. The average molecular weight is 365 g/mol. The van der Waals surface area contributed by atoms with E-state index in [1.165, 1.54) is 6.92 Å². The van der Waals surface area contributed by atoms with Crippen LogP contribution in [0.15, 0.2) is 46.6 Å². The number of hydrogen-bond donors (Lipinski definition) is 0. The first-order chi connectivity index (χ1) is 11.9. The second kappa shape index (κ2) is 8.65. The summed E-state index contributed by atoms with van der Waals surface area (Å²) in [6.45, 7) is 5.46. The summed E-state index contributed by atoms with van der Waals surface area (Å²) in [6, 6.07) is 8.44. The van der Waals surface area contributed by atoms with Crippen LogP contribution in [0, 0.1) is 5.92 Å². The van der Waals surface area contributed by atoms with Crippen LogP contribution in [0.25, 0.3) is 0 Å². The maximum Gasteiger partial charge on any atom is 0.182 e. The maximum atomic E-state index is 12.7. The van der Waals surface area contributed by atoms with Crippen LogP contribution in [0.4, 0.5) is 0 Å². The van der Waals surface area contributed by atoms with Crippen molar-refractivity contribution in [2.75, 3.05) is 5.75 Å². The minimum Gasteiger partial charge on any atom is -0.493 e. The zero-order valence-corrected chi connectivity index (χ0v) is 16.1. The Kier molecular flexibility index (Phi) is 6.82. The number of sulfone groups is 1. The zero-order valence-electron chi connectivity index (χ0n) is 15.3. The van der Waals surface area contributed by atoms with Crippen LogP contribution in [0.1, 0.15) is 52.9 Å². The molecule has 0 radical (unpaired) electrons. The molecule has 138 valence electrons. The van der Waals surface area contributed by atoms with Gasteiger partial charge in [-0.25, -0.2) is 8.42 Å². The van der Waals surface area contributed by atoms with Gasteiger partial charge in [0.1, 0.15) is 11.9 Å². The summed E-state index contributed by atoms with van der Waals surface area (Å²) >= 11 is 0. The Morgan fingerprint density at radius 3 is 2.40 bits per heavy atom. The number of rotatable bonds is 9. The molecule has 0 N–H and O–H groups in total. The normalized spacial score (nSPS) is 20.6. The molecule has 4 nitrogen and oxygen atoms in total. The molecule has 1 aliphatic heterocycles. The number of allylic oxidation sites excluding steroid dienone is 1. The summed E-state index contributed by atoms with van der Waals surface area (Å²) < 4.78 is 31.3. The molecule has 5 heteroatoms. The molecule has 0 aromatic heterocycles. The van der Waals surface area contributed by atoms with Crippen molar-refractivity contribution in [2.45, 2.75) is 63.9 Å². The molecule has 0 amide bonds. The third-order valence-electron chi connectivity index (χ3n) is 4.76. The molecular formula is C20H28O4S. The summed E-state index contributed by atoms with van der Waals surface area (Å²) in [5, 5.41) is 0. The number of hydrogen-bond acceptors (Lipinski definition) is 4. The van der Waals surface area contributed by atoms with Crippen molar-refractivity contribution in [1.29, 1.82) is 0 Å². The first-order valence-corrected chi connectivity index (χ1v) is 10.7. The van der Waals surface area contributed by atoms with E-state index in [1.54, 1.807) is 37.3 Å². The second-order valence-corrected chi connectivity index (χ2v) is 8.77. The van der Waals surface area contributed by atoms with Gasteiger partial charge in [0.25, 0.3) is 0 Å². The number of carbonyl (C=O) groups excluding carboxylic acids is 1. The predicted molar refractivity (Wildman–Crippen MR) is 99.0 cm³/mol. The fraction of sp³-hybridized carbons (Fsp3) is 0.550. The van der Waals surface area contributed by atoms with Gasteiger partial charge in [-0.05, 0) is 32.4 Å². The first kappa shape index (κ1) is 19.7. The lowest BCUT2D eigenvalue weighted by atomic mass is 9.88. The molecule has 0 unspecified atom stereocenters. The highest BCUT2D eigenvalue weighted by molar-refractivity contribution is 7.91. The van der Waals surface area contributed by atoms with E-state index in [2.05, 4.69) is 6.92 Å². The quantitative estimate of drug-likeness (QED) is 0.613. The minimum absolute atomic E-state index is 0.0161. The highest BCUT2D eigenvalue weighted by atomic mass is 32.2. The smallest absolute Gasteiger partial charge is 0.182 e. The fourth-order valence-corrected chi connectivity index (χ4v) is 5.04. The van der Waals surface area contributed by atoms with Crippen molar-refractivity contribution in [1.82, 2.24) is 0 Å². The Hall–Kier alpha value is -1.62. The van der Waals surface area contributed by atoms with Gasteiger partial charge in [-0.2, -0.15) is 0 Å². The van der Waals surface area contributed by atoms with Crippen molar-refractivity contribution >= 4 is 15.6 Å². The number of Topliss-reactive ketones (excluding diaryl/α,β-unsaturated/α-hetero) is 1. The van der Waals surface area contributed by atoms with Crippen molar-refractivity contribution in [3.63, 3.8) is 0 Å². The van der Waals surface area contributed by atoms with Gasteiger partial charge in [-0.15, -0.1) is 0 Å². The zero-order chi connectivity index (χ0) is 18.4. The third-order valence-corrected chi connectivity index (χ3v) is 6.52. The van der Waals surface area contributed by atoms with E-state index in [9.17, 15) is 13.2 Å². The van der Waals surface area contributed by atoms with E-state index >= 15 is 0 Å². The topological polar surface area (TPSA) is 60.4 Å². The van der Waals surface area contributed by atoms with Crippen LogP contribution < -0.4 is 0 Å². The van der Waals surface area contributed by atoms with Gasteiger partial charge in [0.2, 0.25) is 0 Å². The SMILES string of the molecule is CCCCCC[C@H]1C(C(C)=O)=C(C)O[C@@H]1CS(=O)(=O)c1ccccc1. The first-order valence-electron chi connectivity index (χ1n) is 9.03. The number of ketones is 1. The molecule has 0 saturated heterocycles. The van der Waals surface area contributed by atoms with Gasteiger partial charge in [-0.3, -0.25) is 4.79 Å². The Balaban J connectivity index is 2.16. The molecule has 0 aliphatic carbocycles. The molecular weight excluding hydrogens is 336 g/mol. The van der Waals surface area contributed by atoms with Crippen LogP contribution in [0.3, 0.4) is 0 Å². The number of benzene rings is 1. The number of ether oxygens (including phenoxy) is 1. The highest BCUT2D eigenvalue weighted by Crippen LogP contribution is 2.36. The van der Waals surface area contributed by atoms with Gasteiger partial charge < -0.3 is 4.74 Å². The Morgan fingerprint density at radius 2 is 1.80 bits per heavy atom. The summed E-state index contributed by atoms with van der Waals surface area (Å²) in [5.74, 6) is 0.343. The van der Waals surface area contributed by atoms with Crippen LogP contribution in [0.2, 0.25) is 0 Å². The van der Waals surface area contributed by atoms with E-state index in [1.807, 2.05) is 0 Å². The summed E-state index contributed by atoms with van der Waals surface area (Å²) in [6.07, 6.45) is 4.68. The lowest BCUT2D eigenvalue weighted by Crippen LogP contribution is -2.29. The summed E-state index contributed by atoms with van der Waals surface area (Å²) in [4.78, 5) is 12.4. The Labute approximate surface area is 151 Å². The molecule has 2 rings (SSSR count). The average Bonchev–Trinajstić information content (AvgIpc) is 2.87. The molecule has 1 aliphatic rings. The van der Waals surface area contributed by atoms with E-state index in [0.717, 1.165) is 32.1 Å². The molecule has 25 heavy (non-hydrogen) atoms. The summed E-state index contributed by atoms with van der Waals surface area (Å²) in [5.41, 5.74) is 0.671.